The molecule has 0 aliphatic carbocycles. The van der Waals surface area contributed by atoms with Crippen molar-refractivity contribution in [2.45, 2.75) is 0 Å². The van der Waals surface area contributed by atoms with E-state index in [9.17, 15) is 4.79 Å². The molecule has 0 bridgehead atoms. The van der Waals surface area contributed by atoms with E-state index in [2.05, 4.69) is 17.2 Å². The van der Waals surface area contributed by atoms with Gasteiger partial charge in [-0.1, -0.05) is 6.08 Å². The second-order valence-electron chi connectivity index (χ2n) is 2.06. The quantitative estimate of drug-likeness (QED) is 0.336. The first-order valence-corrected chi connectivity index (χ1v) is 3.59. The van der Waals surface area contributed by atoms with E-state index in [4.69, 9.17) is 5.73 Å². The summed E-state index contributed by atoms with van der Waals surface area (Å²) in [6.07, 6.45) is 1.70. The average Bonchev–Trinajstić information content (AvgIpc) is 2.01. The molecule has 4 N–H and O–H groups in total. The highest BCUT2D eigenvalue weighted by molar-refractivity contribution is 5.77. The Bertz CT molecular complexity index is 125. The summed E-state index contributed by atoms with van der Waals surface area (Å²) in [4.78, 5) is 10.8. The predicted octanol–water partition coefficient (Wildman–Crippen LogP) is -1.16. The van der Waals surface area contributed by atoms with Gasteiger partial charge >= 0.3 is 0 Å². The maximum absolute atomic E-state index is 10.8. The van der Waals surface area contributed by atoms with Crippen molar-refractivity contribution < 1.29 is 4.79 Å². The summed E-state index contributed by atoms with van der Waals surface area (Å²) in [5.74, 6) is -0.0303. The molecule has 0 saturated carbocycles. The maximum Gasteiger partial charge on any atom is 0.234 e. The van der Waals surface area contributed by atoms with Crippen molar-refractivity contribution in [1.82, 2.24) is 10.6 Å². The van der Waals surface area contributed by atoms with Crippen molar-refractivity contribution >= 4 is 5.91 Å². The largest absolute Gasteiger partial charge is 0.354 e. The summed E-state index contributed by atoms with van der Waals surface area (Å²) >= 11 is 0. The average molecular weight is 157 g/mol. The molecule has 0 spiro atoms. The van der Waals surface area contributed by atoms with Crippen LogP contribution in [-0.2, 0) is 4.79 Å². The highest BCUT2D eigenvalue weighted by atomic mass is 16.1. The van der Waals surface area contributed by atoms with Crippen molar-refractivity contribution in [2.75, 3.05) is 26.2 Å². The molecule has 0 unspecified atom stereocenters. The topological polar surface area (TPSA) is 67.2 Å². The number of nitrogens with one attached hydrogen (secondary N) is 2. The first-order chi connectivity index (χ1) is 5.31. The molecule has 0 radical (unpaired) electrons. The van der Waals surface area contributed by atoms with E-state index >= 15 is 0 Å². The first-order valence-electron chi connectivity index (χ1n) is 3.59. The van der Waals surface area contributed by atoms with E-state index in [0.29, 0.717) is 26.2 Å². The van der Waals surface area contributed by atoms with Crippen LogP contribution in [-0.4, -0.2) is 32.1 Å². The van der Waals surface area contributed by atoms with Crippen LogP contribution in [0.4, 0.5) is 0 Å². The molecular formula is C7H15N3O. The van der Waals surface area contributed by atoms with Crippen LogP contribution in [0.5, 0.6) is 0 Å². The zero-order chi connectivity index (χ0) is 8.53. The minimum atomic E-state index is -0.0303. The van der Waals surface area contributed by atoms with Gasteiger partial charge in [-0.2, -0.15) is 0 Å². The Balaban J connectivity index is 3.15. The molecule has 0 rings (SSSR count). The highest BCUT2D eigenvalue weighted by Crippen LogP contribution is 1.64. The highest BCUT2D eigenvalue weighted by Gasteiger charge is 1.95. The Morgan fingerprint density at radius 3 is 2.91 bits per heavy atom. The third kappa shape index (κ3) is 7.02. The van der Waals surface area contributed by atoms with Crippen LogP contribution in [0, 0.1) is 0 Å². The molecule has 0 aromatic carbocycles. The molecule has 11 heavy (non-hydrogen) atoms. The summed E-state index contributed by atoms with van der Waals surface area (Å²) in [5, 5.41) is 5.50. The van der Waals surface area contributed by atoms with Gasteiger partial charge in [-0.15, -0.1) is 6.58 Å². The van der Waals surface area contributed by atoms with Crippen molar-refractivity contribution in [1.29, 1.82) is 0 Å². The SMILES string of the molecule is C=CCNCC(=O)NCCN. The first kappa shape index (κ1) is 10.1. The fraction of sp³-hybridized carbons (Fsp3) is 0.571. The fourth-order valence-electron chi connectivity index (χ4n) is 0.562. The van der Waals surface area contributed by atoms with Crippen LogP contribution < -0.4 is 16.4 Å². The second kappa shape index (κ2) is 7.24. The Morgan fingerprint density at radius 1 is 1.64 bits per heavy atom. The van der Waals surface area contributed by atoms with E-state index in [1.54, 1.807) is 6.08 Å². The number of carbonyl (C=O) groups is 1. The number of hydrogen-bond acceptors (Lipinski definition) is 3. The standard InChI is InChI=1S/C7H15N3O/c1-2-4-9-6-7(11)10-5-3-8/h2,9H,1,3-6,8H2,(H,10,11). The molecule has 0 fully saturated rings. The van der Waals surface area contributed by atoms with Gasteiger partial charge in [-0.3, -0.25) is 4.79 Å². The number of carbonyl (C=O) groups excluding carboxylic acids is 1. The van der Waals surface area contributed by atoms with Gasteiger partial charge in [0.15, 0.2) is 0 Å². The molecule has 64 valence electrons. The van der Waals surface area contributed by atoms with Gasteiger partial charge in [0, 0.05) is 19.6 Å². The summed E-state index contributed by atoms with van der Waals surface area (Å²) in [5.41, 5.74) is 5.18. The fourth-order valence-corrected chi connectivity index (χ4v) is 0.562. The molecule has 1 amide bonds. The van der Waals surface area contributed by atoms with E-state index < -0.39 is 0 Å². The van der Waals surface area contributed by atoms with Crippen molar-refractivity contribution in [3.8, 4) is 0 Å². The lowest BCUT2D eigenvalue weighted by Crippen LogP contribution is -2.36. The zero-order valence-electron chi connectivity index (χ0n) is 6.60. The van der Waals surface area contributed by atoms with Gasteiger partial charge in [0.1, 0.15) is 0 Å². The van der Waals surface area contributed by atoms with E-state index in [-0.39, 0.29) is 5.91 Å². The van der Waals surface area contributed by atoms with Crippen LogP contribution in [0.3, 0.4) is 0 Å². The number of hydrogen-bond donors (Lipinski definition) is 3. The molecule has 4 nitrogen and oxygen atoms in total. The molecule has 0 aliphatic heterocycles. The summed E-state index contributed by atoms with van der Waals surface area (Å²) in [6, 6.07) is 0. The Kier molecular flexibility index (Phi) is 6.67. The van der Waals surface area contributed by atoms with Crippen molar-refractivity contribution in [2.24, 2.45) is 5.73 Å². The van der Waals surface area contributed by atoms with Gasteiger partial charge in [-0.25, -0.2) is 0 Å². The van der Waals surface area contributed by atoms with Gasteiger partial charge in [0.2, 0.25) is 5.91 Å². The predicted molar refractivity (Wildman–Crippen MR) is 45.1 cm³/mol. The van der Waals surface area contributed by atoms with Crippen LogP contribution in [0.1, 0.15) is 0 Å². The minimum Gasteiger partial charge on any atom is -0.354 e. The molecule has 0 aliphatic rings. The number of amides is 1. The molecular weight excluding hydrogens is 142 g/mol. The van der Waals surface area contributed by atoms with E-state index in [0.717, 1.165) is 0 Å². The minimum absolute atomic E-state index is 0.0303. The second-order valence-corrected chi connectivity index (χ2v) is 2.06. The van der Waals surface area contributed by atoms with Gasteiger partial charge in [0.25, 0.3) is 0 Å². The van der Waals surface area contributed by atoms with Crippen LogP contribution in [0.25, 0.3) is 0 Å². The lowest BCUT2D eigenvalue weighted by atomic mass is 10.5. The van der Waals surface area contributed by atoms with Gasteiger partial charge < -0.3 is 16.4 Å². The summed E-state index contributed by atoms with van der Waals surface area (Å²) in [7, 11) is 0. The Hall–Kier alpha value is -0.870. The third-order valence-corrected chi connectivity index (χ3v) is 1.04. The number of rotatable bonds is 6. The van der Waals surface area contributed by atoms with E-state index in [1.165, 1.54) is 0 Å². The molecule has 0 heterocycles. The van der Waals surface area contributed by atoms with Crippen LogP contribution in [0.15, 0.2) is 12.7 Å². The molecule has 0 aromatic heterocycles. The summed E-state index contributed by atoms with van der Waals surface area (Å²) < 4.78 is 0. The van der Waals surface area contributed by atoms with E-state index in [1.807, 2.05) is 0 Å². The smallest absolute Gasteiger partial charge is 0.234 e. The van der Waals surface area contributed by atoms with Gasteiger partial charge in [0.05, 0.1) is 6.54 Å². The monoisotopic (exact) mass is 157 g/mol. The van der Waals surface area contributed by atoms with Crippen LogP contribution in [0.2, 0.25) is 0 Å². The normalized spacial score (nSPS) is 9.18. The Morgan fingerprint density at radius 2 is 2.36 bits per heavy atom. The molecule has 0 atom stereocenters. The van der Waals surface area contributed by atoms with Crippen molar-refractivity contribution in [3.05, 3.63) is 12.7 Å². The Labute approximate surface area is 66.8 Å². The number of nitrogens with two attached hydrogens (primary N) is 1. The molecule has 0 aromatic rings. The molecule has 4 heteroatoms. The van der Waals surface area contributed by atoms with Gasteiger partial charge in [-0.05, 0) is 0 Å². The lowest BCUT2D eigenvalue weighted by Gasteiger charge is -2.02. The maximum atomic E-state index is 10.8. The van der Waals surface area contributed by atoms with Crippen molar-refractivity contribution in [3.63, 3.8) is 0 Å². The third-order valence-electron chi connectivity index (χ3n) is 1.04. The zero-order valence-corrected chi connectivity index (χ0v) is 6.60. The summed E-state index contributed by atoms with van der Waals surface area (Å²) in [6.45, 7) is 5.50. The lowest BCUT2D eigenvalue weighted by molar-refractivity contribution is -0.120. The van der Waals surface area contributed by atoms with Crippen LogP contribution >= 0.6 is 0 Å². The molecule has 0 saturated heterocycles.